The Morgan fingerprint density at radius 1 is 1.40 bits per heavy atom. The van der Waals surface area contributed by atoms with Crippen LogP contribution in [0.5, 0.6) is 0 Å². The summed E-state index contributed by atoms with van der Waals surface area (Å²) in [6.45, 7) is 3.46. The summed E-state index contributed by atoms with van der Waals surface area (Å²) in [5.41, 5.74) is -0.0852. The molecule has 1 saturated carbocycles. The Bertz CT molecular complexity index is 479. The van der Waals surface area contributed by atoms with E-state index < -0.39 is 16.4 Å². The number of nitro benzene ring substituents is 1. The number of nitrogens with zero attached hydrogens (tertiary/aromatic N) is 1. The van der Waals surface area contributed by atoms with Gasteiger partial charge in [0.05, 0.1) is 4.92 Å². The van der Waals surface area contributed by atoms with Crippen molar-refractivity contribution in [2.24, 2.45) is 11.8 Å². The van der Waals surface area contributed by atoms with Crippen molar-refractivity contribution in [3.63, 3.8) is 0 Å². The Kier molecular flexibility index (Phi) is 5.06. The molecule has 110 valence electrons. The van der Waals surface area contributed by atoms with Gasteiger partial charge in [0, 0.05) is 18.2 Å². The fraction of sp³-hybridized carbons (Fsp3) is 0.600. The highest BCUT2D eigenvalue weighted by atomic mass is 19.1. The number of nitrogens with one attached hydrogen (secondary N) is 1. The largest absolute Gasteiger partial charge is 0.312 e. The van der Waals surface area contributed by atoms with Crippen molar-refractivity contribution in [2.75, 3.05) is 6.54 Å². The van der Waals surface area contributed by atoms with E-state index in [9.17, 15) is 14.5 Å². The maximum Gasteiger partial charge on any atom is 0.305 e. The Hall–Kier alpha value is -1.49. The Morgan fingerprint density at radius 2 is 2.15 bits per heavy atom. The van der Waals surface area contributed by atoms with Crippen molar-refractivity contribution < 1.29 is 9.31 Å². The van der Waals surface area contributed by atoms with Crippen molar-refractivity contribution in [1.82, 2.24) is 5.32 Å². The van der Waals surface area contributed by atoms with Gasteiger partial charge in [0.1, 0.15) is 0 Å². The van der Waals surface area contributed by atoms with E-state index in [-0.39, 0.29) is 0 Å². The molecule has 1 aromatic rings. The van der Waals surface area contributed by atoms with E-state index in [1.807, 2.05) is 0 Å². The third-order valence-corrected chi connectivity index (χ3v) is 4.27. The molecule has 0 amide bonds. The number of halogens is 1. The average molecular weight is 280 g/mol. The standard InChI is InChI=1S/C15H21FN2O2/c1-11-5-2-3-6-12(11)9-17-10-13-7-4-8-14(15(13)16)18(19)20/h4,7-8,11-12,17H,2-3,5-6,9-10H2,1H3. The molecular weight excluding hydrogens is 259 g/mol. The summed E-state index contributed by atoms with van der Waals surface area (Å²) in [5, 5.41) is 13.9. The maximum atomic E-state index is 13.9. The molecule has 0 bridgehead atoms. The van der Waals surface area contributed by atoms with Crippen LogP contribution in [0.4, 0.5) is 10.1 Å². The number of hydrogen-bond donors (Lipinski definition) is 1. The molecule has 0 spiro atoms. The van der Waals surface area contributed by atoms with Gasteiger partial charge in [-0.05, 0) is 24.8 Å². The van der Waals surface area contributed by atoms with E-state index in [2.05, 4.69) is 12.2 Å². The minimum absolute atomic E-state index is 0.344. The summed E-state index contributed by atoms with van der Waals surface area (Å²) < 4.78 is 13.9. The van der Waals surface area contributed by atoms with E-state index >= 15 is 0 Å². The molecule has 2 rings (SSSR count). The molecule has 0 saturated heterocycles. The molecule has 1 aliphatic rings. The number of hydrogen-bond acceptors (Lipinski definition) is 3. The second-order valence-electron chi connectivity index (χ2n) is 5.66. The highest BCUT2D eigenvalue weighted by Crippen LogP contribution is 2.29. The van der Waals surface area contributed by atoms with Gasteiger partial charge in [-0.1, -0.05) is 38.3 Å². The maximum absolute atomic E-state index is 13.9. The lowest BCUT2D eigenvalue weighted by Crippen LogP contribution is -2.29. The predicted octanol–water partition coefficient (Wildman–Crippen LogP) is 3.65. The molecule has 1 aliphatic carbocycles. The van der Waals surface area contributed by atoms with Crippen molar-refractivity contribution >= 4 is 5.69 Å². The normalized spacial score (nSPS) is 22.7. The lowest BCUT2D eigenvalue weighted by Gasteiger charge is -2.28. The minimum Gasteiger partial charge on any atom is -0.312 e. The topological polar surface area (TPSA) is 55.2 Å². The van der Waals surface area contributed by atoms with Gasteiger partial charge >= 0.3 is 5.69 Å². The molecule has 0 radical (unpaired) electrons. The van der Waals surface area contributed by atoms with Crippen LogP contribution in [-0.4, -0.2) is 11.5 Å². The Balaban J connectivity index is 1.91. The van der Waals surface area contributed by atoms with Crippen LogP contribution in [0, 0.1) is 27.8 Å². The first-order chi connectivity index (χ1) is 9.59. The molecule has 20 heavy (non-hydrogen) atoms. The third kappa shape index (κ3) is 3.54. The van der Waals surface area contributed by atoms with Crippen LogP contribution in [0.15, 0.2) is 18.2 Å². The summed E-state index contributed by atoms with van der Waals surface area (Å²) in [4.78, 5) is 10.0. The van der Waals surface area contributed by atoms with Crippen molar-refractivity contribution in [3.05, 3.63) is 39.7 Å². The lowest BCUT2D eigenvalue weighted by atomic mass is 9.80. The quantitative estimate of drug-likeness (QED) is 0.661. The first-order valence-corrected chi connectivity index (χ1v) is 7.22. The van der Waals surface area contributed by atoms with Gasteiger partial charge < -0.3 is 5.32 Å². The zero-order valence-corrected chi connectivity index (χ0v) is 11.8. The molecule has 4 nitrogen and oxygen atoms in total. The lowest BCUT2D eigenvalue weighted by molar-refractivity contribution is -0.387. The second kappa shape index (κ2) is 6.79. The predicted molar refractivity (Wildman–Crippen MR) is 75.9 cm³/mol. The van der Waals surface area contributed by atoms with Gasteiger partial charge in [0.2, 0.25) is 5.82 Å². The average Bonchev–Trinajstić information content (AvgIpc) is 2.42. The van der Waals surface area contributed by atoms with Crippen molar-refractivity contribution in [2.45, 2.75) is 39.2 Å². The molecule has 1 fully saturated rings. The molecule has 0 aromatic heterocycles. The van der Waals surface area contributed by atoms with Gasteiger partial charge in [0.25, 0.3) is 0 Å². The summed E-state index contributed by atoms with van der Waals surface area (Å²) in [6, 6.07) is 4.32. The molecule has 2 unspecified atom stereocenters. The number of benzene rings is 1. The Morgan fingerprint density at radius 3 is 2.85 bits per heavy atom. The van der Waals surface area contributed by atoms with Crippen molar-refractivity contribution in [3.8, 4) is 0 Å². The molecule has 2 atom stereocenters. The molecule has 5 heteroatoms. The summed E-state index contributed by atoms with van der Waals surface area (Å²) in [6.07, 6.45) is 5.04. The highest BCUT2D eigenvalue weighted by molar-refractivity contribution is 5.36. The van der Waals surface area contributed by atoms with Crippen LogP contribution in [0.1, 0.15) is 38.2 Å². The number of nitro groups is 1. The minimum atomic E-state index is -0.721. The van der Waals surface area contributed by atoms with E-state index in [1.165, 1.54) is 37.8 Å². The smallest absolute Gasteiger partial charge is 0.305 e. The fourth-order valence-electron chi connectivity index (χ4n) is 2.93. The highest BCUT2D eigenvalue weighted by Gasteiger charge is 2.21. The third-order valence-electron chi connectivity index (χ3n) is 4.27. The van der Waals surface area contributed by atoms with Crippen LogP contribution in [0.25, 0.3) is 0 Å². The zero-order valence-electron chi connectivity index (χ0n) is 11.8. The van der Waals surface area contributed by atoms with Crippen LogP contribution >= 0.6 is 0 Å². The molecule has 0 heterocycles. The molecular formula is C15H21FN2O2. The number of rotatable bonds is 5. The van der Waals surface area contributed by atoms with Crippen LogP contribution < -0.4 is 5.32 Å². The fourth-order valence-corrected chi connectivity index (χ4v) is 2.93. The Labute approximate surface area is 118 Å². The molecule has 1 aromatic carbocycles. The zero-order chi connectivity index (χ0) is 14.5. The van der Waals surface area contributed by atoms with Crippen LogP contribution in [0.2, 0.25) is 0 Å². The van der Waals surface area contributed by atoms with Crippen LogP contribution in [0.3, 0.4) is 0 Å². The summed E-state index contributed by atoms with van der Waals surface area (Å²) >= 11 is 0. The van der Waals surface area contributed by atoms with E-state index in [0.29, 0.717) is 23.9 Å². The second-order valence-corrected chi connectivity index (χ2v) is 5.66. The van der Waals surface area contributed by atoms with Crippen molar-refractivity contribution in [1.29, 1.82) is 0 Å². The monoisotopic (exact) mass is 280 g/mol. The first kappa shape index (κ1) is 14.9. The van der Waals surface area contributed by atoms with E-state index in [4.69, 9.17) is 0 Å². The van der Waals surface area contributed by atoms with E-state index in [1.54, 1.807) is 6.07 Å². The van der Waals surface area contributed by atoms with Gasteiger partial charge in [-0.25, -0.2) is 0 Å². The van der Waals surface area contributed by atoms with Gasteiger partial charge in [-0.3, -0.25) is 10.1 Å². The summed E-state index contributed by atoms with van der Waals surface area (Å²) in [5.74, 6) is 0.610. The molecule has 0 aliphatic heterocycles. The van der Waals surface area contributed by atoms with Gasteiger partial charge in [-0.2, -0.15) is 4.39 Å². The van der Waals surface area contributed by atoms with Crippen LogP contribution in [-0.2, 0) is 6.54 Å². The molecule has 1 N–H and O–H groups in total. The van der Waals surface area contributed by atoms with E-state index in [0.717, 1.165) is 6.54 Å². The van der Waals surface area contributed by atoms with Gasteiger partial charge in [-0.15, -0.1) is 0 Å². The first-order valence-electron chi connectivity index (χ1n) is 7.22. The summed E-state index contributed by atoms with van der Waals surface area (Å²) in [7, 11) is 0. The SMILES string of the molecule is CC1CCCCC1CNCc1cccc([N+](=O)[O-])c1F. The van der Waals surface area contributed by atoms with Gasteiger partial charge in [0.15, 0.2) is 0 Å².